The molecule has 0 radical (unpaired) electrons. The molecule has 1 fully saturated rings. The first-order chi connectivity index (χ1) is 4.91. The van der Waals surface area contributed by atoms with E-state index in [2.05, 4.69) is 26.7 Å². The summed E-state index contributed by atoms with van der Waals surface area (Å²) in [5.74, 6) is 0. The van der Waals surface area contributed by atoms with Crippen LogP contribution in [-0.2, 0) is 0 Å². The summed E-state index contributed by atoms with van der Waals surface area (Å²) in [6.45, 7) is 10.3. The summed E-state index contributed by atoms with van der Waals surface area (Å²) in [6.07, 6.45) is 4.40. The lowest BCUT2D eigenvalue weighted by atomic mass is 10.4. The first-order valence-corrected chi connectivity index (χ1v) is 8.46. The maximum Gasteiger partial charge on any atom is 0.110 e. The highest BCUT2D eigenvalue weighted by Crippen LogP contribution is 2.19. The molecule has 0 spiro atoms. The van der Waals surface area contributed by atoms with Gasteiger partial charge in [0.05, 0.1) is 26.3 Å². The lowest BCUT2D eigenvalue weighted by Gasteiger charge is -2.34. The summed E-state index contributed by atoms with van der Waals surface area (Å²) in [7, 11) is 1.61. The van der Waals surface area contributed by atoms with Crippen molar-refractivity contribution < 1.29 is 4.48 Å². The van der Waals surface area contributed by atoms with E-state index in [1.54, 1.807) is 0 Å². The van der Waals surface area contributed by atoms with Crippen LogP contribution in [0.3, 0.4) is 0 Å². The third kappa shape index (κ3) is 2.95. The lowest BCUT2D eigenvalue weighted by Crippen LogP contribution is -2.51. The largest absolute Gasteiger partial charge is 0.329 e. The van der Waals surface area contributed by atoms with Crippen LogP contribution in [0.1, 0.15) is 12.8 Å². The van der Waals surface area contributed by atoms with Crippen molar-refractivity contribution in [2.75, 3.05) is 26.3 Å². The summed E-state index contributed by atoms with van der Waals surface area (Å²) < 4.78 is 1.37. The fourth-order valence-corrected chi connectivity index (χ4v) is 5.01. The van der Waals surface area contributed by atoms with E-state index in [0.29, 0.717) is 0 Å². The molecule has 0 bridgehead atoms. The van der Waals surface area contributed by atoms with Gasteiger partial charge in [-0.3, -0.25) is 0 Å². The Kier molecular flexibility index (Phi) is 2.45. The van der Waals surface area contributed by atoms with Gasteiger partial charge in [-0.2, -0.15) is 0 Å². The van der Waals surface area contributed by atoms with Gasteiger partial charge >= 0.3 is 0 Å². The zero-order chi connectivity index (χ0) is 8.54. The minimum atomic E-state index is -0.822. The van der Waals surface area contributed by atoms with Crippen LogP contribution in [0, 0.1) is 0 Å². The van der Waals surface area contributed by atoms with E-state index in [-0.39, 0.29) is 0 Å². The molecule has 0 aliphatic carbocycles. The van der Waals surface area contributed by atoms with E-state index < -0.39 is 8.07 Å². The van der Waals surface area contributed by atoms with Crippen molar-refractivity contribution in [3.63, 3.8) is 0 Å². The molecule has 11 heavy (non-hydrogen) atoms. The number of likely N-dealkylation sites (tertiary alicyclic amines) is 1. The Balaban J connectivity index is 2.46. The van der Waals surface area contributed by atoms with E-state index in [9.17, 15) is 0 Å². The molecule has 1 rings (SSSR count). The second-order valence-corrected chi connectivity index (χ2v) is 10.9. The van der Waals surface area contributed by atoms with Crippen molar-refractivity contribution in [3.8, 4) is 0 Å². The van der Waals surface area contributed by atoms with Crippen molar-refractivity contribution in [2.45, 2.75) is 32.5 Å². The maximum atomic E-state index is 2.48. The molecule has 1 heterocycles. The van der Waals surface area contributed by atoms with Gasteiger partial charge in [0.1, 0.15) is 8.07 Å². The molecule has 1 saturated heterocycles. The van der Waals surface area contributed by atoms with Gasteiger partial charge in [-0.1, -0.05) is 19.6 Å². The fraction of sp³-hybridized carbons (Fsp3) is 1.00. The second-order valence-electron chi connectivity index (χ2n) is 5.49. The average Bonchev–Trinajstić information content (AvgIpc) is 2.09. The molecule has 66 valence electrons. The Morgan fingerprint density at radius 3 is 1.91 bits per heavy atom. The minimum Gasteiger partial charge on any atom is -0.329 e. The highest BCUT2D eigenvalue weighted by molar-refractivity contribution is 6.75. The Bertz CT molecular complexity index is 131. The Morgan fingerprint density at radius 2 is 1.55 bits per heavy atom. The first-order valence-electron chi connectivity index (χ1n) is 4.75. The molecule has 0 aromatic rings. The number of rotatable bonds is 2. The zero-order valence-electron chi connectivity index (χ0n) is 8.48. The summed E-state index contributed by atoms with van der Waals surface area (Å²) >= 11 is 0. The molecule has 0 unspecified atom stereocenters. The SMILES string of the molecule is C[N+]1(C[Si](C)(C)C)CCCC1. The highest BCUT2D eigenvalue weighted by atomic mass is 28.3. The van der Waals surface area contributed by atoms with Crippen LogP contribution in [0.5, 0.6) is 0 Å². The second kappa shape index (κ2) is 2.90. The van der Waals surface area contributed by atoms with Gasteiger partial charge in [0.15, 0.2) is 0 Å². The molecule has 0 amide bonds. The van der Waals surface area contributed by atoms with E-state index in [1.165, 1.54) is 36.6 Å². The lowest BCUT2D eigenvalue weighted by molar-refractivity contribution is -0.888. The number of hydrogen-bond donors (Lipinski definition) is 0. The van der Waals surface area contributed by atoms with Crippen LogP contribution in [0.2, 0.25) is 19.6 Å². The summed E-state index contributed by atoms with van der Waals surface area (Å²) in [4.78, 5) is 0. The van der Waals surface area contributed by atoms with E-state index in [1.807, 2.05) is 0 Å². The van der Waals surface area contributed by atoms with Gasteiger partial charge in [-0.05, 0) is 0 Å². The van der Waals surface area contributed by atoms with E-state index in [0.717, 1.165) is 0 Å². The van der Waals surface area contributed by atoms with Crippen LogP contribution < -0.4 is 0 Å². The molecule has 1 nitrogen and oxygen atoms in total. The van der Waals surface area contributed by atoms with Crippen LogP contribution in [0.15, 0.2) is 0 Å². The van der Waals surface area contributed by atoms with Crippen molar-refractivity contribution in [1.29, 1.82) is 0 Å². The smallest absolute Gasteiger partial charge is 0.110 e. The third-order valence-electron chi connectivity index (χ3n) is 2.50. The molecule has 0 N–H and O–H groups in total. The summed E-state index contributed by atoms with van der Waals surface area (Å²) in [5, 5.41) is 0. The summed E-state index contributed by atoms with van der Waals surface area (Å²) in [5.41, 5.74) is 0. The highest BCUT2D eigenvalue weighted by Gasteiger charge is 2.32. The van der Waals surface area contributed by atoms with E-state index >= 15 is 0 Å². The van der Waals surface area contributed by atoms with Crippen molar-refractivity contribution in [3.05, 3.63) is 0 Å². The summed E-state index contributed by atoms with van der Waals surface area (Å²) in [6, 6.07) is 0. The van der Waals surface area contributed by atoms with Gasteiger partial charge in [-0.15, -0.1) is 0 Å². The van der Waals surface area contributed by atoms with Gasteiger partial charge in [0.2, 0.25) is 0 Å². The predicted octanol–water partition coefficient (Wildman–Crippen LogP) is 2.10. The topological polar surface area (TPSA) is 0 Å². The number of nitrogens with zero attached hydrogens (tertiary/aromatic N) is 1. The van der Waals surface area contributed by atoms with Gasteiger partial charge in [-0.25, -0.2) is 0 Å². The monoisotopic (exact) mass is 172 g/mol. The molecule has 0 aromatic carbocycles. The van der Waals surface area contributed by atoms with Gasteiger partial charge < -0.3 is 4.48 Å². The first kappa shape index (κ1) is 9.27. The normalized spacial score (nSPS) is 24.0. The predicted molar refractivity (Wildman–Crippen MR) is 53.4 cm³/mol. The van der Waals surface area contributed by atoms with Crippen LogP contribution in [0.4, 0.5) is 0 Å². The van der Waals surface area contributed by atoms with Gasteiger partial charge in [0.25, 0.3) is 0 Å². The Labute approximate surface area is 72.0 Å². The number of hydrogen-bond acceptors (Lipinski definition) is 0. The molecule has 1 aliphatic rings. The minimum absolute atomic E-state index is 0.822. The standard InChI is InChI=1S/C9H22NSi/c1-10(7-5-6-8-10)9-11(2,3)4/h5-9H2,1-4H3/q+1. The van der Waals surface area contributed by atoms with Crippen LogP contribution >= 0.6 is 0 Å². The Hall–Kier alpha value is 0.177. The molecule has 0 aromatic heterocycles. The zero-order valence-corrected chi connectivity index (χ0v) is 9.48. The number of quaternary nitrogens is 1. The average molecular weight is 172 g/mol. The quantitative estimate of drug-likeness (QED) is 0.442. The van der Waals surface area contributed by atoms with Crippen molar-refractivity contribution >= 4 is 8.07 Å². The maximum absolute atomic E-state index is 2.48. The van der Waals surface area contributed by atoms with Crippen molar-refractivity contribution in [2.24, 2.45) is 0 Å². The molecular weight excluding hydrogens is 150 g/mol. The third-order valence-corrected chi connectivity index (χ3v) is 4.21. The van der Waals surface area contributed by atoms with E-state index in [4.69, 9.17) is 0 Å². The fourth-order valence-electron chi connectivity index (χ4n) is 2.40. The Morgan fingerprint density at radius 1 is 1.09 bits per heavy atom. The molecule has 0 atom stereocenters. The molecule has 0 saturated carbocycles. The molecule has 1 aliphatic heterocycles. The molecular formula is C9H22NSi+. The van der Waals surface area contributed by atoms with Crippen molar-refractivity contribution in [1.82, 2.24) is 0 Å². The molecule has 2 heteroatoms. The van der Waals surface area contributed by atoms with Gasteiger partial charge in [0, 0.05) is 12.8 Å². The van der Waals surface area contributed by atoms with Crippen LogP contribution in [0.25, 0.3) is 0 Å². The van der Waals surface area contributed by atoms with Crippen LogP contribution in [-0.4, -0.2) is 38.9 Å².